The van der Waals surface area contributed by atoms with Crippen molar-refractivity contribution in [3.63, 3.8) is 0 Å². The zero-order chi connectivity index (χ0) is 21.6. The zero-order valence-electron chi connectivity index (χ0n) is 14.3. The van der Waals surface area contributed by atoms with E-state index in [1.54, 1.807) is 24.3 Å². The number of hydrogen-bond acceptors (Lipinski definition) is 6. The van der Waals surface area contributed by atoms with Crippen LogP contribution in [0.2, 0.25) is 0 Å². The molecule has 0 spiro atoms. The van der Waals surface area contributed by atoms with Crippen molar-refractivity contribution in [2.24, 2.45) is 10.2 Å². The van der Waals surface area contributed by atoms with Gasteiger partial charge >= 0.3 is 0 Å². The molecular weight excluding hydrogens is 644 g/mol. The molecule has 29 heavy (non-hydrogen) atoms. The van der Waals surface area contributed by atoms with Crippen LogP contribution >= 0.6 is 63.7 Å². The fourth-order valence-corrected chi connectivity index (χ4v) is 4.46. The molecule has 0 heterocycles. The first-order valence-electron chi connectivity index (χ1n) is 7.67. The van der Waals surface area contributed by atoms with Gasteiger partial charge in [-0.25, -0.2) is 10.9 Å². The van der Waals surface area contributed by atoms with Crippen molar-refractivity contribution >= 4 is 88.0 Å². The van der Waals surface area contributed by atoms with Gasteiger partial charge in [-0.1, -0.05) is 31.9 Å². The van der Waals surface area contributed by atoms with Crippen molar-refractivity contribution in [3.05, 3.63) is 53.3 Å². The number of nitrogens with zero attached hydrogens (tertiary/aromatic N) is 2. The van der Waals surface area contributed by atoms with E-state index in [0.717, 1.165) is 0 Å². The van der Waals surface area contributed by atoms with Gasteiger partial charge in [-0.3, -0.25) is 9.59 Å². The van der Waals surface area contributed by atoms with Crippen LogP contribution in [-0.2, 0) is 9.59 Å². The van der Waals surface area contributed by atoms with Gasteiger partial charge in [0.05, 0.1) is 21.4 Å². The molecule has 2 rings (SSSR count). The molecule has 4 N–H and O–H groups in total. The van der Waals surface area contributed by atoms with Crippen LogP contribution in [0.3, 0.4) is 0 Å². The maximum Gasteiger partial charge on any atom is 0.249 e. The van der Waals surface area contributed by atoms with E-state index in [2.05, 4.69) is 84.8 Å². The lowest BCUT2D eigenvalue weighted by atomic mass is 10.2. The molecule has 0 radical (unpaired) electrons. The summed E-state index contributed by atoms with van der Waals surface area (Å²) in [5, 5.41) is 27.2. The van der Waals surface area contributed by atoms with E-state index in [4.69, 9.17) is 0 Å². The summed E-state index contributed by atoms with van der Waals surface area (Å²) in [5.74, 6) is -1.42. The standard InChI is InChI=1S/C17H12Br4N4O4/c18-10-1-8(16(28)12(20)3-10)6-22-24-14(26)5-15(27)25-23-7-9-2-11(19)4-13(21)17(9)29/h1-4,6-7,28-29H,5H2,(H,24,26)(H,25,27). The SMILES string of the molecule is O=C(CC(=O)NN=Cc1cc(Br)cc(Br)c1O)NN=Cc1cc(Br)cc(Br)c1O. The molecule has 2 amide bonds. The van der Waals surface area contributed by atoms with Crippen molar-refractivity contribution in [2.75, 3.05) is 0 Å². The molecule has 8 nitrogen and oxygen atoms in total. The number of hydrogen-bond donors (Lipinski definition) is 4. The Morgan fingerprint density at radius 2 is 1.17 bits per heavy atom. The summed E-state index contributed by atoms with van der Waals surface area (Å²) in [6.45, 7) is 0. The fraction of sp³-hybridized carbons (Fsp3) is 0.0588. The van der Waals surface area contributed by atoms with Crippen LogP contribution < -0.4 is 10.9 Å². The van der Waals surface area contributed by atoms with Gasteiger partial charge < -0.3 is 10.2 Å². The highest BCUT2D eigenvalue weighted by Crippen LogP contribution is 2.31. The number of hydrazone groups is 2. The second-order valence-corrected chi connectivity index (χ2v) is 8.95. The first-order valence-corrected chi connectivity index (χ1v) is 10.8. The minimum atomic E-state index is -0.671. The summed E-state index contributed by atoms with van der Waals surface area (Å²) in [4.78, 5) is 23.5. The number of halogens is 4. The molecule has 152 valence electrons. The number of rotatable bonds is 6. The van der Waals surface area contributed by atoms with Crippen LogP contribution in [-0.4, -0.2) is 34.5 Å². The smallest absolute Gasteiger partial charge is 0.249 e. The Morgan fingerprint density at radius 1 is 0.793 bits per heavy atom. The van der Waals surface area contributed by atoms with Gasteiger partial charge in [-0.2, -0.15) is 10.2 Å². The lowest BCUT2D eigenvalue weighted by Gasteiger charge is -2.04. The van der Waals surface area contributed by atoms with Gasteiger partial charge in [0.25, 0.3) is 0 Å². The summed E-state index contributed by atoms with van der Waals surface area (Å²) < 4.78 is 2.33. The predicted molar refractivity (Wildman–Crippen MR) is 123 cm³/mol. The second kappa shape index (κ2) is 10.9. The fourth-order valence-electron chi connectivity index (χ4n) is 1.94. The molecule has 0 atom stereocenters. The Labute approximate surface area is 199 Å². The average molecular weight is 656 g/mol. The molecule has 0 aliphatic carbocycles. The summed E-state index contributed by atoms with van der Waals surface area (Å²) in [6, 6.07) is 6.52. The third-order valence-electron chi connectivity index (χ3n) is 3.22. The molecule has 0 saturated heterocycles. The van der Waals surface area contributed by atoms with E-state index in [1.165, 1.54) is 12.4 Å². The number of carbonyl (C=O) groups excluding carboxylic acids is 2. The molecule has 0 fully saturated rings. The lowest BCUT2D eigenvalue weighted by Crippen LogP contribution is -2.27. The Balaban J connectivity index is 1.88. The Kier molecular flexibility index (Phi) is 8.80. The van der Waals surface area contributed by atoms with Gasteiger partial charge in [0.1, 0.15) is 17.9 Å². The van der Waals surface area contributed by atoms with Crippen LogP contribution in [0.25, 0.3) is 0 Å². The minimum absolute atomic E-state index is 0.0410. The molecule has 0 bridgehead atoms. The second-order valence-electron chi connectivity index (χ2n) is 5.41. The summed E-state index contributed by atoms with van der Waals surface area (Å²) in [6.07, 6.45) is 1.97. The summed E-state index contributed by atoms with van der Waals surface area (Å²) in [7, 11) is 0. The maximum atomic E-state index is 11.8. The highest BCUT2D eigenvalue weighted by Gasteiger charge is 2.09. The van der Waals surface area contributed by atoms with Gasteiger partial charge in [0.15, 0.2) is 0 Å². The van der Waals surface area contributed by atoms with Crippen molar-refractivity contribution in [3.8, 4) is 11.5 Å². The van der Waals surface area contributed by atoms with E-state index in [0.29, 0.717) is 29.0 Å². The average Bonchev–Trinajstić information content (AvgIpc) is 2.62. The number of carbonyl (C=O) groups is 2. The third-order valence-corrected chi connectivity index (χ3v) is 5.35. The topological polar surface area (TPSA) is 123 Å². The highest BCUT2D eigenvalue weighted by molar-refractivity contribution is 9.11. The molecule has 0 saturated carbocycles. The quantitative estimate of drug-likeness (QED) is 0.212. The van der Waals surface area contributed by atoms with E-state index < -0.39 is 18.2 Å². The molecule has 0 aromatic heterocycles. The van der Waals surface area contributed by atoms with Crippen LogP contribution in [0, 0.1) is 0 Å². The molecular formula is C17H12Br4N4O4. The van der Waals surface area contributed by atoms with Crippen molar-refractivity contribution in [1.82, 2.24) is 10.9 Å². The Bertz CT molecular complexity index is 932. The van der Waals surface area contributed by atoms with Gasteiger partial charge in [0, 0.05) is 20.1 Å². The summed E-state index contributed by atoms with van der Waals surface area (Å²) >= 11 is 12.9. The number of nitrogens with one attached hydrogen (secondary N) is 2. The molecule has 0 aliphatic rings. The van der Waals surface area contributed by atoms with Crippen LogP contribution in [0.5, 0.6) is 11.5 Å². The number of amides is 2. The van der Waals surface area contributed by atoms with Crippen molar-refractivity contribution in [2.45, 2.75) is 6.42 Å². The van der Waals surface area contributed by atoms with E-state index in [-0.39, 0.29) is 11.5 Å². The van der Waals surface area contributed by atoms with Crippen LogP contribution in [0.1, 0.15) is 17.5 Å². The Hall–Kier alpha value is -1.76. The van der Waals surface area contributed by atoms with E-state index in [1.807, 2.05) is 0 Å². The first kappa shape index (κ1) is 23.5. The van der Waals surface area contributed by atoms with Crippen molar-refractivity contribution in [1.29, 1.82) is 0 Å². The maximum absolute atomic E-state index is 11.8. The van der Waals surface area contributed by atoms with Gasteiger partial charge in [-0.15, -0.1) is 0 Å². The Morgan fingerprint density at radius 3 is 1.55 bits per heavy atom. The van der Waals surface area contributed by atoms with Crippen LogP contribution in [0.4, 0.5) is 0 Å². The molecule has 0 unspecified atom stereocenters. The number of benzene rings is 2. The zero-order valence-corrected chi connectivity index (χ0v) is 20.6. The summed E-state index contributed by atoms with van der Waals surface area (Å²) in [5.41, 5.74) is 5.09. The highest BCUT2D eigenvalue weighted by atomic mass is 79.9. The molecule has 2 aromatic rings. The third kappa shape index (κ3) is 7.21. The van der Waals surface area contributed by atoms with E-state index >= 15 is 0 Å². The molecule has 2 aromatic carbocycles. The lowest BCUT2D eigenvalue weighted by molar-refractivity contribution is -0.129. The van der Waals surface area contributed by atoms with Crippen LogP contribution in [0.15, 0.2) is 52.4 Å². The monoisotopic (exact) mass is 652 g/mol. The normalized spacial score (nSPS) is 11.2. The number of phenolic OH excluding ortho intramolecular Hbond substituents is 2. The molecule has 0 aliphatic heterocycles. The van der Waals surface area contributed by atoms with Gasteiger partial charge in [-0.05, 0) is 56.1 Å². The predicted octanol–water partition coefficient (Wildman–Crippen LogP) is 4.14. The van der Waals surface area contributed by atoms with E-state index in [9.17, 15) is 19.8 Å². The first-order chi connectivity index (χ1) is 13.7. The number of aromatic hydroxyl groups is 2. The van der Waals surface area contributed by atoms with Gasteiger partial charge in [0.2, 0.25) is 11.8 Å². The minimum Gasteiger partial charge on any atom is -0.506 e. The number of phenols is 2. The van der Waals surface area contributed by atoms with Crippen molar-refractivity contribution < 1.29 is 19.8 Å². The largest absolute Gasteiger partial charge is 0.506 e. The molecule has 12 heteroatoms.